The van der Waals surface area contributed by atoms with Gasteiger partial charge in [0.15, 0.2) is 0 Å². The molecule has 1 aromatic heterocycles. The van der Waals surface area contributed by atoms with Gasteiger partial charge in [-0.15, -0.1) is 0 Å². The van der Waals surface area contributed by atoms with E-state index in [1.807, 2.05) is 0 Å². The molecular weight excluding hydrogens is 404 g/mol. The Bertz CT molecular complexity index is 1100. The van der Waals surface area contributed by atoms with Crippen molar-refractivity contribution in [1.29, 1.82) is 0 Å². The van der Waals surface area contributed by atoms with Gasteiger partial charge in [-0.1, -0.05) is 12.1 Å². The summed E-state index contributed by atoms with van der Waals surface area (Å²) in [5, 5.41) is 12.6. The minimum absolute atomic E-state index is 0.0128. The summed E-state index contributed by atoms with van der Waals surface area (Å²) < 4.78 is 15.0. The van der Waals surface area contributed by atoms with Crippen LogP contribution >= 0.6 is 0 Å². The van der Waals surface area contributed by atoms with E-state index in [9.17, 15) is 19.7 Å². The van der Waals surface area contributed by atoms with Gasteiger partial charge in [-0.25, -0.2) is 9.59 Å². The largest absolute Gasteiger partial charge is 0.497 e. The second kappa shape index (κ2) is 9.29. The van der Waals surface area contributed by atoms with Crippen LogP contribution in [0.1, 0.15) is 34.3 Å². The molecule has 0 bridgehead atoms. The van der Waals surface area contributed by atoms with Gasteiger partial charge in [0.05, 0.1) is 32.3 Å². The van der Waals surface area contributed by atoms with Crippen LogP contribution in [0.2, 0.25) is 0 Å². The van der Waals surface area contributed by atoms with Crippen molar-refractivity contribution in [2.45, 2.75) is 18.9 Å². The number of nitrogens with zero attached hydrogens (tertiary/aromatic N) is 1. The van der Waals surface area contributed by atoms with Crippen LogP contribution in [0.4, 0.5) is 0 Å². The first-order valence-corrected chi connectivity index (χ1v) is 9.54. The van der Waals surface area contributed by atoms with E-state index in [2.05, 4.69) is 4.98 Å². The number of carbonyl (C=O) groups excluding carboxylic acids is 2. The Kier molecular flexibility index (Phi) is 6.54. The molecule has 3 rings (SSSR count). The first kappa shape index (κ1) is 21.8. The van der Waals surface area contributed by atoms with Gasteiger partial charge in [0.1, 0.15) is 5.75 Å². The van der Waals surface area contributed by atoms with Crippen molar-refractivity contribution in [1.82, 2.24) is 4.98 Å². The van der Waals surface area contributed by atoms with Crippen LogP contribution < -0.4 is 4.74 Å². The zero-order valence-electron chi connectivity index (χ0n) is 17.3. The highest BCUT2D eigenvalue weighted by atomic mass is 16.6. The lowest BCUT2D eigenvalue weighted by molar-refractivity contribution is -0.513. The number of carbonyl (C=O) groups is 2. The molecule has 1 heterocycles. The fourth-order valence-corrected chi connectivity index (χ4v) is 3.56. The van der Waals surface area contributed by atoms with Gasteiger partial charge in [-0.05, 0) is 48.4 Å². The van der Waals surface area contributed by atoms with Crippen molar-refractivity contribution in [2.24, 2.45) is 0 Å². The van der Waals surface area contributed by atoms with E-state index in [1.54, 1.807) is 55.6 Å². The average molecular weight is 426 g/mol. The second-order valence-electron chi connectivity index (χ2n) is 6.73. The van der Waals surface area contributed by atoms with Crippen LogP contribution in [0, 0.1) is 10.1 Å². The molecule has 31 heavy (non-hydrogen) atoms. The molecule has 0 aliphatic carbocycles. The highest BCUT2D eigenvalue weighted by Gasteiger charge is 2.43. The second-order valence-corrected chi connectivity index (χ2v) is 6.73. The van der Waals surface area contributed by atoms with Crippen LogP contribution in [0.25, 0.3) is 10.9 Å². The number of aromatic nitrogens is 1. The van der Waals surface area contributed by atoms with Crippen molar-refractivity contribution < 1.29 is 28.7 Å². The Morgan fingerprint density at radius 3 is 2.42 bits per heavy atom. The average Bonchev–Trinajstić information content (AvgIpc) is 3.19. The smallest absolute Gasteiger partial charge is 0.382 e. The van der Waals surface area contributed by atoms with Gasteiger partial charge < -0.3 is 19.2 Å². The van der Waals surface area contributed by atoms with Gasteiger partial charge in [-0.2, -0.15) is 0 Å². The van der Waals surface area contributed by atoms with Crippen LogP contribution in [-0.4, -0.2) is 48.7 Å². The molecule has 0 radical (unpaired) electrons. The van der Waals surface area contributed by atoms with Crippen LogP contribution in [0.3, 0.4) is 0 Å². The Morgan fingerprint density at radius 2 is 1.84 bits per heavy atom. The van der Waals surface area contributed by atoms with Crippen molar-refractivity contribution in [3.05, 3.63) is 75.5 Å². The lowest BCUT2D eigenvalue weighted by Crippen LogP contribution is -2.37. The third-order valence-electron chi connectivity index (χ3n) is 5.02. The molecule has 0 fully saturated rings. The minimum atomic E-state index is -1.69. The molecule has 9 heteroatoms. The molecule has 0 aliphatic heterocycles. The van der Waals surface area contributed by atoms with E-state index in [0.717, 1.165) is 0 Å². The Labute approximate surface area is 178 Å². The molecule has 3 aromatic rings. The molecule has 2 aromatic carbocycles. The summed E-state index contributed by atoms with van der Waals surface area (Å²) in [4.78, 5) is 39.0. The van der Waals surface area contributed by atoms with E-state index in [4.69, 9.17) is 14.2 Å². The van der Waals surface area contributed by atoms with E-state index in [1.165, 1.54) is 14.2 Å². The van der Waals surface area contributed by atoms with E-state index >= 15 is 0 Å². The fourth-order valence-electron chi connectivity index (χ4n) is 3.56. The number of nitro groups is 1. The molecule has 1 N–H and O–H groups in total. The Hall–Kier alpha value is -3.88. The zero-order chi connectivity index (χ0) is 22.5. The number of rotatable bonds is 8. The molecular formula is C22H22N2O7. The van der Waals surface area contributed by atoms with E-state index in [0.29, 0.717) is 27.8 Å². The van der Waals surface area contributed by atoms with E-state index < -0.39 is 28.8 Å². The van der Waals surface area contributed by atoms with Crippen LogP contribution in [0.15, 0.2) is 48.7 Å². The summed E-state index contributed by atoms with van der Waals surface area (Å²) in [5.41, 5.74) is 1.96. The van der Waals surface area contributed by atoms with Gasteiger partial charge >= 0.3 is 18.0 Å². The van der Waals surface area contributed by atoms with Crippen molar-refractivity contribution >= 4 is 22.8 Å². The predicted molar refractivity (Wildman–Crippen MR) is 112 cm³/mol. The number of aromatic amines is 1. The van der Waals surface area contributed by atoms with Gasteiger partial charge in [0, 0.05) is 22.0 Å². The van der Waals surface area contributed by atoms with Crippen LogP contribution in [0.5, 0.6) is 5.75 Å². The maximum atomic E-state index is 12.6. The molecule has 0 amide bonds. The number of ether oxygens (including phenoxy) is 3. The molecule has 9 nitrogen and oxygen atoms in total. The number of esters is 2. The molecule has 0 spiro atoms. The number of H-pyrrole nitrogens is 1. The minimum Gasteiger partial charge on any atom is -0.497 e. The summed E-state index contributed by atoms with van der Waals surface area (Å²) in [7, 11) is 2.78. The quantitative estimate of drug-likeness (QED) is 0.333. The van der Waals surface area contributed by atoms with E-state index in [-0.39, 0.29) is 12.2 Å². The number of nitrogens with one attached hydrogen (secondary N) is 1. The van der Waals surface area contributed by atoms with Gasteiger partial charge in [0.25, 0.3) is 0 Å². The summed E-state index contributed by atoms with van der Waals surface area (Å²) in [5.74, 6) is -1.87. The Balaban J connectivity index is 2.23. The third kappa shape index (κ3) is 4.35. The first-order chi connectivity index (χ1) is 14.9. The topological polar surface area (TPSA) is 121 Å². The molecule has 0 saturated carbocycles. The molecule has 162 valence electrons. The number of benzene rings is 2. The molecule has 2 atom stereocenters. The number of fused-ring (bicyclic) bond motifs is 1. The highest BCUT2D eigenvalue weighted by molar-refractivity contribution is 5.96. The zero-order valence-corrected chi connectivity index (χ0v) is 17.3. The number of methoxy groups -OCH3 is 2. The predicted octanol–water partition coefficient (Wildman–Crippen LogP) is 3.30. The number of hydrogen-bond donors (Lipinski definition) is 1. The van der Waals surface area contributed by atoms with Gasteiger partial charge in [-0.3, -0.25) is 10.1 Å². The molecule has 0 aliphatic rings. The molecule has 0 saturated heterocycles. The Morgan fingerprint density at radius 1 is 1.13 bits per heavy atom. The molecule has 1 unspecified atom stereocenters. The van der Waals surface area contributed by atoms with Gasteiger partial charge in [0.2, 0.25) is 0 Å². The highest BCUT2D eigenvalue weighted by Crippen LogP contribution is 2.36. The lowest BCUT2D eigenvalue weighted by atomic mass is 9.84. The van der Waals surface area contributed by atoms with Crippen LogP contribution in [-0.2, 0) is 14.3 Å². The monoisotopic (exact) mass is 426 g/mol. The SMILES string of the molecule is CCOC(=O)[C@@H](C(c1ccc(OC)cc1)c1c[nH]c2ccc(C(=O)OC)cc12)[N+](=O)[O-]. The van der Waals surface area contributed by atoms with Crippen molar-refractivity contribution in [3.63, 3.8) is 0 Å². The first-order valence-electron chi connectivity index (χ1n) is 9.54. The summed E-state index contributed by atoms with van der Waals surface area (Å²) >= 11 is 0. The standard InChI is InChI=1S/C22H22N2O7/c1-4-31-22(26)20(24(27)28)19(13-5-8-15(29-2)9-6-13)17-12-23-18-10-7-14(11-16(17)18)21(25)30-3/h5-12,19-20,23H,4H2,1-3H3/t19?,20-/m1/s1. The van der Waals surface area contributed by atoms with Crippen molar-refractivity contribution in [3.8, 4) is 5.75 Å². The third-order valence-corrected chi connectivity index (χ3v) is 5.02. The maximum Gasteiger partial charge on any atom is 0.382 e. The van der Waals surface area contributed by atoms with Crippen molar-refractivity contribution in [2.75, 3.05) is 20.8 Å². The normalized spacial score (nSPS) is 12.7. The summed E-state index contributed by atoms with van der Waals surface area (Å²) in [6, 6.07) is 9.85. The number of hydrogen-bond acceptors (Lipinski definition) is 7. The summed E-state index contributed by atoms with van der Waals surface area (Å²) in [6.07, 6.45) is 1.61. The summed E-state index contributed by atoms with van der Waals surface area (Å²) in [6.45, 7) is 1.60. The fraction of sp³-hybridized carbons (Fsp3) is 0.273. The maximum absolute atomic E-state index is 12.6. The lowest BCUT2D eigenvalue weighted by Gasteiger charge is -2.20.